The number of esters is 1. The van der Waals surface area contributed by atoms with Crippen LogP contribution in [0.5, 0.6) is 0 Å². The van der Waals surface area contributed by atoms with Gasteiger partial charge in [0.25, 0.3) is 0 Å². The van der Waals surface area contributed by atoms with E-state index in [1.807, 2.05) is 0 Å². The van der Waals surface area contributed by atoms with Crippen molar-refractivity contribution in [2.24, 2.45) is 0 Å². The van der Waals surface area contributed by atoms with E-state index in [0.29, 0.717) is 11.3 Å². The molecule has 0 aromatic heterocycles. The van der Waals surface area contributed by atoms with Crippen molar-refractivity contribution in [2.75, 3.05) is 30.8 Å². The largest absolute Gasteiger partial charge is 0.465 e. The lowest BCUT2D eigenvalue weighted by Crippen LogP contribution is -2.44. The number of nitrogens with zero attached hydrogens (tertiary/aromatic N) is 1. The summed E-state index contributed by atoms with van der Waals surface area (Å²) in [5, 5.41) is 2.93. The monoisotopic (exact) mass is 291 g/mol. The summed E-state index contributed by atoms with van der Waals surface area (Å²) in [7, 11) is 1.36. The lowest BCUT2D eigenvalue weighted by Gasteiger charge is -2.35. The van der Waals surface area contributed by atoms with Crippen molar-refractivity contribution in [2.45, 2.75) is 25.8 Å². The molecule has 1 aliphatic rings. The van der Waals surface area contributed by atoms with Gasteiger partial charge in [-0.1, -0.05) is 6.07 Å². The molecule has 1 fully saturated rings. The molecule has 1 aliphatic heterocycles. The number of piperidine rings is 1. The van der Waals surface area contributed by atoms with Gasteiger partial charge in [0, 0.05) is 26.1 Å². The molecule has 6 nitrogen and oxygen atoms in total. The normalized spacial score (nSPS) is 15.6. The first-order valence-corrected chi connectivity index (χ1v) is 7.01. The zero-order valence-electron chi connectivity index (χ0n) is 12.4. The quantitative estimate of drug-likeness (QED) is 0.645. The van der Waals surface area contributed by atoms with Crippen molar-refractivity contribution in [3.05, 3.63) is 23.8 Å². The number of para-hydroxylation sites is 1. The van der Waals surface area contributed by atoms with Crippen LogP contribution in [0.1, 0.15) is 30.1 Å². The smallest absolute Gasteiger partial charge is 0.340 e. The molecule has 114 valence electrons. The Morgan fingerprint density at radius 3 is 2.57 bits per heavy atom. The first-order chi connectivity index (χ1) is 10.0. The summed E-state index contributed by atoms with van der Waals surface area (Å²) in [6.07, 6.45) is 1.66. The van der Waals surface area contributed by atoms with E-state index in [1.54, 1.807) is 18.2 Å². The van der Waals surface area contributed by atoms with Gasteiger partial charge in [-0.25, -0.2) is 4.79 Å². The van der Waals surface area contributed by atoms with Crippen molar-refractivity contribution in [1.82, 2.24) is 5.32 Å². The Labute approximate surface area is 124 Å². The molecule has 1 saturated heterocycles. The third kappa shape index (κ3) is 3.45. The summed E-state index contributed by atoms with van der Waals surface area (Å²) < 4.78 is 4.82. The number of amides is 1. The number of methoxy groups -OCH3 is 1. The Morgan fingerprint density at radius 2 is 2.00 bits per heavy atom. The SMILES string of the molecule is COC(=O)c1cccc(N)c1N1CCC(NC(C)=O)CC1. The van der Waals surface area contributed by atoms with E-state index in [9.17, 15) is 9.59 Å². The molecule has 1 heterocycles. The fraction of sp³-hybridized carbons (Fsp3) is 0.467. The van der Waals surface area contributed by atoms with Crippen LogP contribution in [0.25, 0.3) is 0 Å². The molecule has 2 rings (SSSR count). The first kappa shape index (κ1) is 15.2. The number of benzene rings is 1. The van der Waals surface area contributed by atoms with Gasteiger partial charge in [-0.3, -0.25) is 4.79 Å². The molecule has 0 bridgehead atoms. The Hall–Kier alpha value is -2.24. The second kappa shape index (κ2) is 6.47. The number of hydrogen-bond acceptors (Lipinski definition) is 5. The summed E-state index contributed by atoms with van der Waals surface area (Å²) in [4.78, 5) is 25.1. The van der Waals surface area contributed by atoms with E-state index in [2.05, 4.69) is 10.2 Å². The maximum absolute atomic E-state index is 11.9. The Morgan fingerprint density at radius 1 is 1.33 bits per heavy atom. The molecule has 0 atom stereocenters. The lowest BCUT2D eigenvalue weighted by molar-refractivity contribution is -0.119. The molecule has 0 spiro atoms. The van der Waals surface area contributed by atoms with Crippen LogP contribution in [-0.2, 0) is 9.53 Å². The highest BCUT2D eigenvalue weighted by molar-refractivity contribution is 5.99. The predicted octanol–water partition coefficient (Wildman–Crippen LogP) is 1.16. The topological polar surface area (TPSA) is 84.7 Å². The molecule has 1 aromatic carbocycles. The molecule has 6 heteroatoms. The number of nitrogens with two attached hydrogens (primary N) is 1. The van der Waals surface area contributed by atoms with Crippen molar-refractivity contribution in [3.63, 3.8) is 0 Å². The number of carbonyl (C=O) groups is 2. The van der Waals surface area contributed by atoms with Gasteiger partial charge in [-0.15, -0.1) is 0 Å². The molecule has 0 radical (unpaired) electrons. The van der Waals surface area contributed by atoms with Crippen molar-refractivity contribution >= 4 is 23.3 Å². The van der Waals surface area contributed by atoms with Gasteiger partial charge in [-0.05, 0) is 25.0 Å². The number of anilines is 2. The highest BCUT2D eigenvalue weighted by Crippen LogP contribution is 2.30. The van der Waals surface area contributed by atoms with Gasteiger partial charge >= 0.3 is 5.97 Å². The van der Waals surface area contributed by atoms with Crippen molar-refractivity contribution in [1.29, 1.82) is 0 Å². The second-order valence-corrected chi connectivity index (χ2v) is 5.20. The molecule has 3 N–H and O–H groups in total. The van der Waals surface area contributed by atoms with Gasteiger partial charge in [-0.2, -0.15) is 0 Å². The van der Waals surface area contributed by atoms with Crippen LogP contribution in [0, 0.1) is 0 Å². The molecule has 0 saturated carbocycles. The average Bonchev–Trinajstić information content (AvgIpc) is 2.46. The predicted molar refractivity (Wildman–Crippen MR) is 81.2 cm³/mol. The van der Waals surface area contributed by atoms with Crippen molar-refractivity contribution in [3.8, 4) is 0 Å². The van der Waals surface area contributed by atoms with Crippen molar-refractivity contribution < 1.29 is 14.3 Å². The molecule has 0 unspecified atom stereocenters. The van der Waals surface area contributed by atoms with E-state index in [0.717, 1.165) is 31.6 Å². The van der Waals surface area contributed by atoms with E-state index in [4.69, 9.17) is 10.5 Å². The first-order valence-electron chi connectivity index (χ1n) is 7.01. The number of ether oxygens (including phenoxy) is 1. The summed E-state index contributed by atoms with van der Waals surface area (Å²) in [6, 6.07) is 5.43. The van der Waals surface area contributed by atoms with Crippen LogP contribution in [0.2, 0.25) is 0 Å². The van der Waals surface area contributed by atoms with Crippen LogP contribution in [0.4, 0.5) is 11.4 Å². The highest BCUT2D eigenvalue weighted by Gasteiger charge is 2.25. The summed E-state index contributed by atoms with van der Waals surface area (Å²) in [5.74, 6) is -0.399. The summed E-state index contributed by atoms with van der Waals surface area (Å²) in [6.45, 7) is 3.00. The van der Waals surface area contributed by atoms with Gasteiger partial charge in [0.2, 0.25) is 5.91 Å². The zero-order valence-corrected chi connectivity index (χ0v) is 12.4. The lowest BCUT2D eigenvalue weighted by atomic mass is 10.0. The zero-order chi connectivity index (χ0) is 15.4. The fourth-order valence-electron chi connectivity index (χ4n) is 2.72. The molecule has 1 aromatic rings. The minimum atomic E-state index is -0.388. The van der Waals surface area contributed by atoms with Crippen LogP contribution in [-0.4, -0.2) is 38.1 Å². The van der Waals surface area contributed by atoms with E-state index >= 15 is 0 Å². The van der Waals surface area contributed by atoms with E-state index in [-0.39, 0.29) is 17.9 Å². The van der Waals surface area contributed by atoms with Gasteiger partial charge < -0.3 is 20.7 Å². The number of hydrogen-bond donors (Lipinski definition) is 2. The minimum Gasteiger partial charge on any atom is -0.465 e. The van der Waals surface area contributed by atoms with Crippen LogP contribution in [0.15, 0.2) is 18.2 Å². The second-order valence-electron chi connectivity index (χ2n) is 5.20. The summed E-state index contributed by atoms with van der Waals surface area (Å²) in [5.41, 5.74) is 7.82. The summed E-state index contributed by atoms with van der Waals surface area (Å²) >= 11 is 0. The van der Waals surface area contributed by atoms with E-state index < -0.39 is 0 Å². The maximum Gasteiger partial charge on any atom is 0.340 e. The standard InChI is InChI=1S/C15H21N3O3/c1-10(19)17-11-6-8-18(9-7-11)14-12(15(20)21-2)4-3-5-13(14)16/h3-5,11H,6-9,16H2,1-2H3,(H,17,19). The minimum absolute atomic E-state index is 0.0112. The van der Waals surface area contributed by atoms with Crippen LogP contribution >= 0.6 is 0 Å². The maximum atomic E-state index is 11.9. The number of carbonyl (C=O) groups excluding carboxylic acids is 2. The number of nitrogens with one attached hydrogen (secondary N) is 1. The highest BCUT2D eigenvalue weighted by atomic mass is 16.5. The van der Waals surface area contributed by atoms with Crippen LogP contribution in [0.3, 0.4) is 0 Å². The van der Waals surface area contributed by atoms with Gasteiger partial charge in [0.15, 0.2) is 0 Å². The average molecular weight is 291 g/mol. The van der Waals surface area contributed by atoms with Gasteiger partial charge in [0.05, 0.1) is 24.0 Å². The molecular weight excluding hydrogens is 270 g/mol. The van der Waals surface area contributed by atoms with Gasteiger partial charge in [0.1, 0.15) is 0 Å². The molecular formula is C15H21N3O3. The fourth-order valence-corrected chi connectivity index (χ4v) is 2.72. The third-order valence-corrected chi connectivity index (χ3v) is 3.69. The Bertz CT molecular complexity index is 537. The molecule has 1 amide bonds. The van der Waals surface area contributed by atoms with E-state index in [1.165, 1.54) is 14.0 Å². The number of rotatable bonds is 3. The Balaban J connectivity index is 2.16. The molecule has 21 heavy (non-hydrogen) atoms. The van der Waals surface area contributed by atoms with Crippen LogP contribution < -0.4 is 16.0 Å². The Kier molecular flexibility index (Phi) is 4.67. The molecule has 0 aliphatic carbocycles. The third-order valence-electron chi connectivity index (χ3n) is 3.69. The number of nitrogen functional groups attached to an aromatic ring is 1.